The predicted molar refractivity (Wildman–Crippen MR) is 132 cm³/mol. The predicted octanol–water partition coefficient (Wildman–Crippen LogP) is 4.63. The Labute approximate surface area is 202 Å². The molecule has 1 N–H and O–H groups in total. The van der Waals surface area contributed by atoms with E-state index in [4.69, 9.17) is 0 Å². The van der Waals surface area contributed by atoms with Crippen LogP contribution in [0.2, 0.25) is 0 Å². The van der Waals surface area contributed by atoms with Crippen molar-refractivity contribution >= 4 is 28.3 Å². The second kappa shape index (κ2) is 10.5. The van der Waals surface area contributed by atoms with Crippen molar-refractivity contribution in [2.45, 2.75) is 71.6 Å². The molecule has 0 spiro atoms. The second-order valence-electron chi connectivity index (χ2n) is 10.4. The van der Waals surface area contributed by atoms with Crippen LogP contribution >= 0.6 is 11.8 Å². The molecule has 0 heterocycles. The number of ketones is 1. The summed E-state index contributed by atoms with van der Waals surface area (Å²) in [5.41, 5.74) is -2.03. The van der Waals surface area contributed by atoms with Gasteiger partial charge in [-0.25, -0.2) is 4.39 Å². The Bertz CT molecular complexity index is 824. The van der Waals surface area contributed by atoms with E-state index in [1.165, 1.54) is 12.2 Å². The molecule has 33 heavy (non-hydrogen) atoms. The molecule has 4 aliphatic rings. The van der Waals surface area contributed by atoms with Gasteiger partial charge in [-0.15, -0.1) is 0 Å². The van der Waals surface area contributed by atoms with Crippen molar-refractivity contribution in [3.05, 3.63) is 23.8 Å². The number of thioether (sulfide) groups is 1. The molecule has 7 heteroatoms. The van der Waals surface area contributed by atoms with Crippen LogP contribution in [0.4, 0.5) is 4.39 Å². The van der Waals surface area contributed by atoms with Crippen molar-refractivity contribution in [3.63, 3.8) is 0 Å². The molecule has 0 aromatic rings. The Balaban J connectivity index is 0.000000582. The maximum atomic E-state index is 16.7. The Kier molecular flexibility index (Phi) is 8.91. The smallest absolute Gasteiger partial charge is 0.199 e. The quantitative estimate of drug-likeness (QED) is 0.580. The van der Waals surface area contributed by atoms with Gasteiger partial charge in [0, 0.05) is 17.3 Å². The van der Waals surface area contributed by atoms with E-state index >= 15 is 4.39 Å². The minimum absolute atomic E-state index is 0.0171. The first-order valence-corrected chi connectivity index (χ1v) is 12.9. The highest BCUT2D eigenvalue weighted by Gasteiger charge is 2.70. The first-order valence-electron chi connectivity index (χ1n) is 12.0. The van der Waals surface area contributed by atoms with Crippen LogP contribution < -0.4 is 0 Å². The number of aliphatic hydroxyl groups is 1. The number of alkyl halides is 1. The number of aliphatic hydroxyl groups excluding tert-OH is 1. The topological polar surface area (TPSA) is 74.7 Å². The van der Waals surface area contributed by atoms with E-state index in [9.17, 15) is 19.5 Å². The summed E-state index contributed by atoms with van der Waals surface area (Å²) in [4.78, 5) is 37.1. The maximum Gasteiger partial charge on any atom is 0.199 e. The van der Waals surface area contributed by atoms with Gasteiger partial charge in [0.25, 0.3) is 0 Å². The van der Waals surface area contributed by atoms with E-state index in [1.807, 2.05) is 46.8 Å². The molecule has 0 aromatic carbocycles. The molecule has 0 saturated heterocycles. The highest BCUT2D eigenvalue weighted by Crippen LogP contribution is 2.69. The van der Waals surface area contributed by atoms with Gasteiger partial charge in [-0.3, -0.25) is 14.4 Å². The Morgan fingerprint density at radius 1 is 1.18 bits per heavy atom. The van der Waals surface area contributed by atoms with Gasteiger partial charge in [-0.05, 0) is 95.4 Å². The van der Waals surface area contributed by atoms with Crippen molar-refractivity contribution in [2.24, 2.45) is 28.6 Å². The van der Waals surface area contributed by atoms with Gasteiger partial charge in [0.1, 0.15) is 0 Å². The van der Waals surface area contributed by atoms with Gasteiger partial charge in [0.2, 0.25) is 0 Å². The van der Waals surface area contributed by atoms with Crippen molar-refractivity contribution < 1.29 is 23.9 Å². The summed E-state index contributed by atoms with van der Waals surface area (Å²) in [5, 5.41) is 10.9. The number of rotatable bonds is 2. The molecule has 3 fully saturated rings. The largest absolute Gasteiger partial charge is 0.390 e. The van der Waals surface area contributed by atoms with Gasteiger partial charge >= 0.3 is 0 Å². The third kappa shape index (κ3) is 4.65. The zero-order valence-electron chi connectivity index (χ0n) is 21.1. The summed E-state index contributed by atoms with van der Waals surface area (Å²) < 4.78 is 16.7. The molecule has 0 radical (unpaired) electrons. The van der Waals surface area contributed by atoms with Gasteiger partial charge in [-0.1, -0.05) is 32.4 Å². The van der Waals surface area contributed by atoms with Crippen molar-refractivity contribution in [1.29, 1.82) is 0 Å². The van der Waals surface area contributed by atoms with Crippen LogP contribution in [-0.2, 0) is 14.4 Å². The van der Waals surface area contributed by atoms with Crippen LogP contribution in [0.5, 0.6) is 0 Å². The van der Waals surface area contributed by atoms with Crippen LogP contribution in [0.25, 0.3) is 0 Å². The van der Waals surface area contributed by atoms with E-state index in [-0.39, 0.29) is 35.1 Å². The standard InChI is InChI=1S/C21H25FO4S.C3H9N.C2H6/c1-19-10-17(25)21(22)15(14(19)5-6-16(19)18(26)27-11-23)4-3-12-9-13(24)7-8-20(12,21)2;1-4(2)3;1-2/h7-9,11,14-17,25H,3-6,10H2,1-2H3;1-3H3;1-2H3. The highest BCUT2D eigenvalue weighted by atomic mass is 32.2. The Morgan fingerprint density at radius 3 is 2.36 bits per heavy atom. The van der Waals surface area contributed by atoms with Crippen LogP contribution in [0.1, 0.15) is 59.8 Å². The Hall–Kier alpha value is -1.31. The van der Waals surface area contributed by atoms with Crippen LogP contribution in [-0.4, -0.2) is 59.4 Å². The van der Waals surface area contributed by atoms with Crippen LogP contribution in [0.15, 0.2) is 23.8 Å². The molecule has 0 amide bonds. The molecule has 4 rings (SSSR count). The molecule has 186 valence electrons. The lowest BCUT2D eigenvalue weighted by molar-refractivity contribution is -0.194. The molecule has 0 aliphatic heterocycles. The molecule has 5 nitrogen and oxygen atoms in total. The molecule has 3 saturated carbocycles. The van der Waals surface area contributed by atoms with Crippen molar-refractivity contribution in [2.75, 3.05) is 21.1 Å². The monoisotopic (exact) mass is 481 g/mol. The van der Waals surface area contributed by atoms with Crippen molar-refractivity contribution in [1.82, 2.24) is 4.90 Å². The number of hydrogen-bond donors (Lipinski definition) is 1. The maximum absolute atomic E-state index is 16.7. The number of fused-ring (bicyclic) bond motifs is 5. The van der Waals surface area contributed by atoms with Gasteiger partial charge in [0.15, 0.2) is 22.2 Å². The first-order chi connectivity index (χ1) is 15.4. The molecular formula is C26H40FNO4S. The lowest BCUT2D eigenvalue weighted by Crippen LogP contribution is -2.66. The molecular weight excluding hydrogens is 441 g/mol. The number of allylic oxidation sites excluding steroid dienone is 4. The van der Waals surface area contributed by atoms with E-state index < -0.39 is 22.6 Å². The summed E-state index contributed by atoms with van der Waals surface area (Å²) in [5.74, 6) is -0.844. The lowest BCUT2D eigenvalue weighted by Gasteiger charge is -2.61. The second-order valence-corrected chi connectivity index (χ2v) is 11.2. The average Bonchev–Trinajstić information content (AvgIpc) is 3.08. The zero-order chi connectivity index (χ0) is 25.2. The molecule has 0 bridgehead atoms. The summed E-state index contributed by atoms with van der Waals surface area (Å²) in [6.45, 7) is 7.77. The van der Waals surface area contributed by atoms with E-state index in [0.717, 1.165) is 12.0 Å². The van der Waals surface area contributed by atoms with E-state index in [1.54, 1.807) is 13.0 Å². The third-order valence-electron chi connectivity index (χ3n) is 8.09. The molecule has 7 atom stereocenters. The number of halogens is 1. The first kappa shape index (κ1) is 27.9. The third-order valence-corrected chi connectivity index (χ3v) is 8.70. The number of carbonyl (C=O) groups is 3. The average molecular weight is 482 g/mol. The van der Waals surface area contributed by atoms with E-state index in [0.29, 0.717) is 36.6 Å². The fourth-order valence-corrected chi connectivity index (χ4v) is 7.37. The molecule has 4 aliphatic carbocycles. The minimum atomic E-state index is -1.85. The summed E-state index contributed by atoms with van der Waals surface area (Å²) in [7, 11) is 6.00. The number of nitrogens with zero attached hydrogens (tertiary/aromatic N) is 1. The number of carbonyl (C=O) groups excluding carboxylic acids is 3. The van der Waals surface area contributed by atoms with Crippen LogP contribution in [0, 0.1) is 28.6 Å². The van der Waals surface area contributed by atoms with Crippen molar-refractivity contribution in [3.8, 4) is 0 Å². The minimum Gasteiger partial charge on any atom is -0.390 e. The lowest BCUT2D eigenvalue weighted by atomic mass is 9.45. The van der Waals surface area contributed by atoms with Gasteiger partial charge in [0.05, 0.1) is 6.10 Å². The molecule has 7 unspecified atom stereocenters. The molecule has 0 aromatic heterocycles. The highest BCUT2D eigenvalue weighted by molar-refractivity contribution is 8.24. The Morgan fingerprint density at radius 2 is 1.79 bits per heavy atom. The number of hydrogen-bond acceptors (Lipinski definition) is 6. The summed E-state index contributed by atoms with van der Waals surface area (Å²) in [6, 6.07) is 0. The summed E-state index contributed by atoms with van der Waals surface area (Å²) >= 11 is 0.678. The van der Waals surface area contributed by atoms with E-state index in [2.05, 4.69) is 0 Å². The van der Waals surface area contributed by atoms with Crippen LogP contribution in [0.3, 0.4) is 0 Å². The SMILES string of the molecule is CC.CC12CC(O)C3(F)C(CCC4=CC(=O)C=CC43C)C1CCC2C(=O)SC=O.CN(C)C. The van der Waals surface area contributed by atoms with Gasteiger partial charge < -0.3 is 10.0 Å². The van der Waals surface area contributed by atoms with Gasteiger partial charge in [-0.2, -0.15) is 0 Å². The normalized spacial score (nSPS) is 40.8. The fraction of sp³-hybridized carbons (Fsp3) is 0.731. The fourth-order valence-electron chi connectivity index (χ4n) is 6.72. The zero-order valence-corrected chi connectivity index (χ0v) is 21.9. The summed E-state index contributed by atoms with van der Waals surface area (Å²) in [6.07, 6.45) is 6.12.